The molecule has 3 aliphatic carbocycles. The second-order valence-electron chi connectivity index (χ2n) is 27.9. The number of hydrogen-bond donors (Lipinski definition) is 0. The Labute approximate surface area is 590 Å². The normalized spacial score (nSPS) is 15.9. The number of benzene rings is 13. The Bertz CT molecular complexity index is 5470. The molecule has 0 aromatic heterocycles. The number of nitrogens with zero attached hydrogens (tertiary/aromatic N) is 2. The van der Waals surface area contributed by atoms with Crippen LogP contribution >= 0.6 is 0 Å². The molecule has 0 radical (unpaired) electrons. The number of hydrogen-bond acceptors (Lipinski definition) is 2. The summed E-state index contributed by atoms with van der Waals surface area (Å²) in [7, 11) is 0. The fraction of sp³-hybridized carbons (Fsp3) is 0.102. The maximum atomic E-state index is 4.54. The van der Waals surface area contributed by atoms with E-state index in [4.69, 9.17) is 0 Å². The number of fused-ring (bicyclic) bond motifs is 7. The molecule has 3 aliphatic rings. The molecule has 0 saturated heterocycles. The maximum absolute atomic E-state index is 4.54. The molecule has 0 spiro atoms. The Hall–Kier alpha value is -11.8. The molecule has 13 aromatic rings. The smallest absolute Gasteiger partial charge is 0.0716 e. The van der Waals surface area contributed by atoms with E-state index < -0.39 is 16.2 Å². The van der Waals surface area contributed by atoms with Crippen LogP contribution in [0.25, 0.3) is 62.2 Å². The van der Waals surface area contributed by atoms with Crippen LogP contribution in [0.5, 0.6) is 0 Å². The molecule has 0 bridgehead atoms. The standard InChI is InChI=1S/C98H80N2/c1-11-23-88-82(14-4)84-54-50-80(62-94(84)97(88,74-42-34-68(12-2)35-43-74)90-58-64(5)30-32-66(90)7)99(76-46-38-72(39-47-76)70-24-17-15-18-25-70)78-51-55-85-86-56-52-79(61-93(86)96(9,10)92(85)60-78)100(77-48-40-73(41-49-77)71-26-19-16-20-27-71)81-53-57-87-83-28-21-22-29-89(83)98(95(87)63-81,75-44-36-69(13-3)37-45-75)91-59-65(6)31-33-67(91)8/h11-63H,2-4H2,1,5-10H3/b23-11-. The van der Waals surface area contributed by atoms with Gasteiger partial charge in [-0.1, -0.05) is 293 Å². The number of anilines is 6. The third kappa shape index (κ3) is 9.98. The van der Waals surface area contributed by atoms with E-state index in [0.29, 0.717) is 0 Å². The van der Waals surface area contributed by atoms with Crippen LogP contribution in [0, 0.1) is 27.7 Å². The highest BCUT2D eigenvalue weighted by molar-refractivity contribution is 5.96. The Balaban J connectivity index is 0.868. The van der Waals surface area contributed by atoms with Gasteiger partial charge in [0.25, 0.3) is 0 Å². The second-order valence-corrected chi connectivity index (χ2v) is 27.9. The molecule has 2 heteroatoms. The van der Waals surface area contributed by atoms with Crippen LogP contribution in [-0.2, 0) is 16.2 Å². The van der Waals surface area contributed by atoms with Gasteiger partial charge in [-0.3, -0.25) is 0 Å². The van der Waals surface area contributed by atoms with Gasteiger partial charge in [-0.2, -0.15) is 0 Å². The summed E-state index contributed by atoms with van der Waals surface area (Å²) < 4.78 is 0. The van der Waals surface area contributed by atoms with Gasteiger partial charge >= 0.3 is 0 Å². The summed E-state index contributed by atoms with van der Waals surface area (Å²) >= 11 is 0. The van der Waals surface area contributed by atoms with Crippen LogP contribution < -0.4 is 9.80 Å². The Morgan fingerprint density at radius 1 is 0.300 bits per heavy atom. The van der Waals surface area contributed by atoms with Crippen LogP contribution in [0.2, 0.25) is 0 Å². The summed E-state index contributed by atoms with van der Waals surface area (Å²) in [6, 6.07) is 110. The van der Waals surface area contributed by atoms with Crippen LogP contribution in [0.4, 0.5) is 34.1 Å². The molecule has 0 N–H and O–H groups in total. The molecular formula is C98H80N2. The fourth-order valence-electron chi connectivity index (χ4n) is 17.0. The van der Waals surface area contributed by atoms with Gasteiger partial charge in [0.05, 0.1) is 10.8 Å². The maximum Gasteiger partial charge on any atom is 0.0716 e. The predicted molar refractivity (Wildman–Crippen MR) is 425 cm³/mol. The molecule has 2 nitrogen and oxygen atoms in total. The van der Waals surface area contributed by atoms with Crippen molar-refractivity contribution in [1.29, 1.82) is 0 Å². The number of aryl methyl sites for hydroxylation is 4. The zero-order chi connectivity index (χ0) is 68.6. The zero-order valence-electron chi connectivity index (χ0n) is 58.1. The summed E-state index contributed by atoms with van der Waals surface area (Å²) in [5, 5.41) is 0. The molecule has 0 heterocycles. The molecule has 2 atom stereocenters. The lowest BCUT2D eigenvalue weighted by Gasteiger charge is -2.37. The van der Waals surface area contributed by atoms with Crippen molar-refractivity contribution < 1.29 is 0 Å². The molecule has 0 fully saturated rings. The third-order valence-electron chi connectivity index (χ3n) is 21.9. The highest BCUT2D eigenvalue weighted by Gasteiger charge is 2.49. The van der Waals surface area contributed by atoms with Gasteiger partial charge < -0.3 is 9.80 Å². The molecule has 482 valence electrons. The van der Waals surface area contributed by atoms with E-state index in [2.05, 4.69) is 387 Å². The van der Waals surface area contributed by atoms with Crippen molar-refractivity contribution >= 4 is 51.8 Å². The Morgan fingerprint density at radius 3 is 1.12 bits per heavy atom. The SMILES string of the molecule is C=CC1=C(/C=C\C)C(c2ccc(C=C)cc2)(c2cc(C)ccc2C)c2cc(N(c3ccc(-c4ccccc4)cc3)c3ccc4c(c3)C(C)(C)c3cc(N(c5ccc(-c6ccccc6)cc5)c5ccc6c(c5)C(c5ccc(C=C)cc5)(c5cc(C)ccc5C)c5ccccc5-6)ccc3-4)ccc21. The molecule has 0 amide bonds. The number of rotatable bonds is 16. The van der Waals surface area contributed by atoms with Crippen molar-refractivity contribution in [3.05, 3.63) is 424 Å². The average molecular weight is 1290 g/mol. The van der Waals surface area contributed by atoms with Crippen molar-refractivity contribution in [3.63, 3.8) is 0 Å². The summed E-state index contributed by atoms with van der Waals surface area (Å²) in [4.78, 5) is 4.97. The van der Waals surface area contributed by atoms with E-state index in [-0.39, 0.29) is 0 Å². The van der Waals surface area contributed by atoms with Gasteiger partial charge in [0, 0.05) is 39.5 Å². The monoisotopic (exact) mass is 1280 g/mol. The fourth-order valence-corrected chi connectivity index (χ4v) is 17.0. The van der Waals surface area contributed by atoms with Crippen molar-refractivity contribution in [3.8, 4) is 44.5 Å². The molecule has 0 aliphatic heterocycles. The Morgan fingerprint density at radius 2 is 0.670 bits per heavy atom. The number of allylic oxidation sites excluding steroid dienone is 5. The lowest BCUT2D eigenvalue weighted by molar-refractivity contribution is 0.660. The topological polar surface area (TPSA) is 6.48 Å². The van der Waals surface area contributed by atoms with E-state index in [1.807, 2.05) is 12.2 Å². The van der Waals surface area contributed by atoms with Gasteiger partial charge in [-0.25, -0.2) is 0 Å². The quantitative estimate of drug-likeness (QED) is 0.0951. The van der Waals surface area contributed by atoms with Gasteiger partial charge in [0.1, 0.15) is 0 Å². The van der Waals surface area contributed by atoms with E-state index in [1.54, 1.807) is 0 Å². The molecule has 100 heavy (non-hydrogen) atoms. The van der Waals surface area contributed by atoms with Gasteiger partial charge in [-0.15, -0.1) is 0 Å². The second kappa shape index (κ2) is 24.9. The molecule has 0 saturated carbocycles. The van der Waals surface area contributed by atoms with Crippen molar-refractivity contribution in [2.45, 2.75) is 64.7 Å². The minimum Gasteiger partial charge on any atom is -0.310 e. The first-order valence-corrected chi connectivity index (χ1v) is 35.0. The minimum atomic E-state index is -0.692. The first kappa shape index (κ1) is 62.9. The molecule has 16 rings (SSSR count). The van der Waals surface area contributed by atoms with Crippen LogP contribution in [0.3, 0.4) is 0 Å². The van der Waals surface area contributed by atoms with Crippen molar-refractivity contribution in [2.75, 3.05) is 9.80 Å². The summed E-state index contributed by atoms with van der Waals surface area (Å²) in [6.45, 7) is 28.8. The molecule has 2 unspecified atom stereocenters. The highest BCUT2D eigenvalue weighted by atomic mass is 15.1. The summed E-state index contributed by atoms with van der Waals surface area (Å²) in [6.07, 6.45) is 10.4. The van der Waals surface area contributed by atoms with Crippen molar-refractivity contribution in [2.24, 2.45) is 0 Å². The lowest BCUT2D eigenvalue weighted by atomic mass is 9.65. The largest absolute Gasteiger partial charge is 0.310 e. The third-order valence-corrected chi connectivity index (χ3v) is 21.9. The van der Waals surface area contributed by atoms with E-state index in [0.717, 1.165) is 56.4 Å². The lowest BCUT2D eigenvalue weighted by Crippen LogP contribution is -2.31. The first-order chi connectivity index (χ1) is 48.8. The van der Waals surface area contributed by atoms with Crippen LogP contribution in [0.15, 0.2) is 335 Å². The van der Waals surface area contributed by atoms with E-state index in [1.165, 1.54) is 122 Å². The zero-order valence-corrected chi connectivity index (χ0v) is 58.1. The van der Waals surface area contributed by atoms with Crippen LogP contribution in [0.1, 0.15) is 110 Å². The van der Waals surface area contributed by atoms with E-state index >= 15 is 0 Å². The summed E-state index contributed by atoms with van der Waals surface area (Å²) in [5.41, 5.74) is 36.2. The highest BCUT2D eigenvalue weighted by Crippen LogP contribution is 2.61. The molecule has 13 aromatic carbocycles. The van der Waals surface area contributed by atoms with Gasteiger partial charge in [-0.05, 0) is 241 Å². The van der Waals surface area contributed by atoms with Gasteiger partial charge in [0.2, 0.25) is 0 Å². The predicted octanol–water partition coefficient (Wildman–Crippen LogP) is 26.0. The Kier molecular flexibility index (Phi) is 15.7. The van der Waals surface area contributed by atoms with E-state index in [9.17, 15) is 0 Å². The minimum absolute atomic E-state index is 0.422. The summed E-state index contributed by atoms with van der Waals surface area (Å²) in [5.74, 6) is 0. The average Bonchev–Trinajstić information content (AvgIpc) is 1.53. The first-order valence-electron chi connectivity index (χ1n) is 35.0. The van der Waals surface area contributed by atoms with Crippen molar-refractivity contribution in [1.82, 2.24) is 0 Å². The van der Waals surface area contributed by atoms with Gasteiger partial charge in [0.15, 0.2) is 0 Å². The van der Waals surface area contributed by atoms with Crippen LogP contribution in [-0.4, -0.2) is 0 Å². The molecular weight excluding hydrogens is 1210 g/mol.